The highest BCUT2D eigenvalue weighted by atomic mass is 32.1. The summed E-state index contributed by atoms with van der Waals surface area (Å²) in [6, 6.07) is 13.9. The molecule has 3 nitrogen and oxygen atoms in total. The molecule has 0 N–H and O–H groups in total. The Balaban J connectivity index is 1.78. The molecule has 2 amide bonds. The van der Waals surface area contributed by atoms with Crippen LogP contribution in [0.15, 0.2) is 42.5 Å². The van der Waals surface area contributed by atoms with Crippen molar-refractivity contribution in [1.82, 2.24) is 4.90 Å². The Morgan fingerprint density at radius 2 is 1.59 bits per heavy atom. The van der Waals surface area contributed by atoms with Crippen LogP contribution in [0, 0.1) is 6.92 Å². The zero-order valence-electron chi connectivity index (χ0n) is 15.7. The van der Waals surface area contributed by atoms with Crippen molar-refractivity contribution in [2.24, 2.45) is 0 Å². The zero-order chi connectivity index (χ0) is 19.0. The molecule has 3 aromatic rings. The predicted octanol–water partition coefficient (Wildman–Crippen LogP) is 6.05. The fourth-order valence-corrected chi connectivity index (χ4v) is 4.75. The Kier molecular flexibility index (Phi) is 4.83. The van der Waals surface area contributed by atoms with E-state index in [4.69, 9.17) is 0 Å². The number of imide groups is 1. The van der Waals surface area contributed by atoms with Gasteiger partial charge in [0.15, 0.2) is 0 Å². The van der Waals surface area contributed by atoms with E-state index < -0.39 is 0 Å². The van der Waals surface area contributed by atoms with Gasteiger partial charge in [0.2, 0.25) is 0 Å². The van der Waals surface area contributed by atoms with Gasteiger partial charge in [-0.3, -0.25) is 14.5 Å². The average molecular weight is 378 g/mol. The molecule has 0 bridgehead atoms. The van der Waals surface area contributed by atoms with Crippen molar-refractivity contribution < 1.29 is 9.59 Å². The minimum absolute atomic E-state index is 0.158. The van der Waals surface area contributed by atoms with E-state index in [1.165, 1.54) is 9.78 Å². The summed E-state index contributed by atoms with van der Waals surface area (Å²) in [5, 5.41) is 1.79. The minimum Gasteiger partial charge on any atom is -0.274 e. The number of rotatable bonds is 6. The lowest BCUT2D eigenvalue weighted by molar-refractivity contribution is 0.0608. The molecule has 2 aromatic carbocycles. The van der Waals surface area contributed by atoms with Gasteiger partial charge in [0.05, 0.1) is 0 Å². The Morgan fingerprint density at radius 3 is 2.30 bits per heavy atom. The first-order valence-electron chi connectivity index (χ1n) is 9.60. The molecule has 4 heteroatoms. The first-order chi connectivity index (χ1) is 13.1. The van der Waals surface area contributed by atoms with E-state index in [1.54, 1.807) is 11.3 Å². The van der Waals surface area contributed by atoms with Crippen LogP contribution in [-0.4, -0.2) is 23.3 Å². The van der Waals surface area contributed by atoms with E-state index in [0.717, 1.165) is 46.9 Å². The first kappa shape index (κ1) is 17.9. The van der Waals surface area contributed by atoms with Crippen LogP contribution in [0.2, 0.25) is 0 Å². The van der Waals surface area contributed by atoms with Gasteiger partial charge in [-0.05, 0) is 48.6 Å². The molecule has 1 aliphatic rings. The number of hydrogen-bond donors (Lipinski definition) is 0. The molecule has 27 heavy (non-hydrogen) atoms. The van der Waals surface area contributed by atoms with Crippen LogP contribution in [0.5, 0.6) is 0 Å². The van der Waals surface area contributed by atoms with Crippen molar-refractivity contribution in [2.75, 3.05) is 6.54 Å². The van der Waals surface area contributed by atoms with Gasteiger partial charge in [0.1, 0.15) is 0 Å². The summed E-state index contributed by atoms with van der Waals surface area (Å²) in [6.07, 6.45) is 4.17. The molecule has 1 aliphatic heterocycles. The van der Waals surface area contributed by atoms with Crippen LogP contribution in [0.1, 0.15) is 58.2 Å². The van der Waals surface area contributed by atoms with Crippen LogP contribution in [0.25, 0.3) is 21.2 Å². The molecule has 0 atom stereocenters. The number of amides is 2. The van der Waals surface area contributed by atoms with Gasteiger partial charge < -0.3 is 0 Å². The maximum Gasteiger partial charge on any atom is 0.261 e. The molecule has 0 spiro atoms. The van der Waals surface area contributed by atoms with Gasteiger partial charge in [0.25, 0.3) is 11.8 Å². The third-order valence-corrected chi connectivity index (χ3v) is 6.27. The first-order valence-corrected chi connectivity index (χ1v) is 10.4. The molecule has 0 radical (unpaired) electrons. The zero-order valence-corrected chi connectivity index (χ0v) is 16.6. The summed E-state index contributed by atoms with van der Waals surface area (Å²) in [4.78, 5) is 29.9. The van der Waals surface area contributed by atoms with Gasteiger partial charge in [0, 0.05) is 32.8 Å². The van der Waals surface area contributed by atoms with Gasteiger partial charge in [-0.2, -0.15) is 0 Å². The van der Waals surface area contributed by atoms with Crippen LogP contribution >= 0.6 is 11.3 Å². The number of benzene rings is 2. The maximum absolute atomic E-state index is 13.0. The number of hydrogen-bond acceptors (Lipinski definition) is 3. The maximum atomic E-state index is 13.0. The van der Waals surface area contributed by atoms with E-state index in [9.17, 15) is 9.59 Å². The number of thiophene rings is 1. The van der Waals surface area contributed by atoms with E-state index >= 15 is 0 Å². The standard InChI is InChI=1S/C23H23NO2S/c1-3-4-5-6-14-24-22(25)18-9-7-8-17-16(20-13-10-15(2)27-20)11-12-19(21(17)18)23(24)26/h7-13H,3-6,14H2,1-2H3. The molecule has 0 aliphatic carbocycles. The number of aryl methyl sites for hydroxylation is 1. The van der Waals surface area contributed by atoms with Crippen molar-refractivity contribution in [3.8, 4) is 10.4 Å². The Hall–Kier alpha value is -2.46. The lowest BCUT2D eigenvalue weighted by Crippen LogP contribution is -2.40. The van der Waals surface area contributed by atoms with Crippen molar-refractivity contribution in [3.63, 3.8) is 0 Å². The Labute approximate surface area is 163 Å². The smallest absolute Gasteiger partial charge is 0.261 e. The van der Waals surface area contributed by atoms with Crippen LogP contribution in [0.3, 0.4) is 0 Å². The van der Waals surface area contributed by atoms with Gasteiger partial charge in [-0.1, -0.05) is 44.4 Å². The minimum atomic E-state index is -0.158. The number of unbranched alkanes of at least 4 members (excludes halogenated alkanes) is 3. The van der Waals surface area contributed by atoms with Gasteiger partial charge in [-0.15, -0.1) is 11.3 Å². The van der Waals surface area contributed by atoms with Crippen LogP contribution in [-0.2, 0) is 0 Å². The van der Waals surface area contributed by atoms with Crippen molar-refractivity contribution in [2.45, 2.75) is 39.5 Å². The monoisotopic (exact) mass is 377 g/mol. The number of carbonyl (C=O) groups is 2. The molecular weight excluding hydrogens is 354 g/mol. The number of nitrogens with zero attached hydrogens (tertiary/aromatic N) is 1. The largest absolute Gasteiger partial charge is 0.274 e. The van der Waals surface area contributed by atoms with Gasteiger partial charge >= 0.3 is 0 Å². The quantitative estimate of drug-likeness (QED) is 0.387. The normalized spacial score (nSPS) is 13.6. The fraction of sp³-hybridized carbons (Fsp3) is 0.304. The lowest BCUT2D eigenvalue weighted by atomic mass is 9.90. The third kappa shape index (κ3) is 3.08. The number of carbonyl (C=O) groups excluding carboxylic acids is 2. The highest BCUT2D eigenvalue weighted by molar-refractivity contribution is 7.15. The topological polar surface area (TPSA) is 37.4 Å². The predicted molar refractivity (Wildman–Crippen MR) is 112 cm³/mol. The van der Waals surface area contributed by atoms with E-state index in [0.29, 0.717) is 17.7 Å². The second kappa shape index (κ2) is 7.28. The van der Waals surface area contributed by atoms with E-state index in [2.05, 4.69) is 26.0 Å². The molecule has 138 valence electrons. The Morgan fingerprint density at radius 1 is 0.852 bits per heavy atom. The van der Waals surface area contributed by atoms with Crippen molar-refractivity contribution >= 4 is 33.9 Å². The summed E-state index contributed by atoms with van der Waals surface area (Å²) in [5.41, 5.74) is 2.38. The average Bonchev–Trinajstić information content (AvgIpc) is 3.11. The molecule has 1 aromatic heterocycles. The highest BCUT2D eigenvalue weighted by Gasteiger charge is 2.32. The highest BCUT2D eigenvalue weighted by Crippen LogP contribution is 2.38. The molecular formula is C23H23NO2S. The Bertz CT molecular complexity index is 1010. The molecule has 0 saturated heterocycles. The third-order valence-electron chi connectivity index (χ3n) is 5.23. The summed E-state index contributed by atoms with van der Waals surface area (Å²) in [5.74, 6) is -0.316. The summed E-state index contributed by atoms with van der Waals surface area (Å²) < 4.78 is 0. The SMILES string of the molecule is CCCCCCN1C(=O)c2cccc3c(-c4ccc(C)s4)ccc(c23)C1=O. The molecule has 2 heterocycles. The van der Waals surface area contributed by atoms with Gasteiger partial charge in [-0.25, -0.2) is 0 Å². The summed E-state index contributed by atoms with van der Waals surface area (Å²) in [6.45, 7) is 4.74. The molecule has 0 unspecified atom stereocenters. The summed E-state index contributed by atoms with van der Waals surface area (Å²) in [7, 11) is 0. The van der Waals surface area contributed by atoms with Crippen molar-refractivity contribution in [3.05, 3.63) is 58.5 Å². The fourth-order valence-electron chi connectivity index (χ4n) is 3.84. The van der Waals surface area contributed by atoms with Crippen molar-refractivity contribution in [1.29, 1.82) is 0 Å². The second-order valence-corrected chi connectivity index (χ2v) is 8.41. The lowest BCUT2D eigenvalue weighted by Gasteiger charge is -2.27. The molecule has 4 rings (SSSR count). The van der Waals surface area contributed by atoms with Crippen LogP contribution in [0.4, 0.5) is 0 Å². The van der Waals surface area contributed by atoms with Crippen LogP contribution < -0.4 is 0 Å². The second-order valence-electron chi connectivity index (χ2n) is 7.12. The summed E-state index contributed by atoms with van der Waals surface area (Å²) >= 11 is 1.73. The molecule has 0 fully saturated rings. The van der Waals surface area contributed by atoms with E-state index in [-0.39, 0.29) is 11.8 Å². The molecule has 0 saturated carbocycles. The van der Waals surface area contributed by atoms with E-state index in [1.807, 2.05) is 30.3 Å².